The quantitative estimate of drug-likeness (QED) is 0.853. The molecule has 0 amide bonds. The highest BCUT2D eigenvalue weighted by molar-refractivity contribution is 4.93. The van der Waals surface area contributed by atoms with Crippen molar-refractivity contribution in [2.75, 3.05) is 6.54 Å². The predicted octanol–water partition coefficient (Wildman–Crippen LogP) is 3.15. The Kier molecular flexibility index (Phi) is 4.60. The summed E-state index contributed by atoms with van der Waals surface area (Å²) >= 11 is 0. The molecule has 1 saturated carbocycles. The smallest absolute Gasteiger partial charge is 0.208 e. The fourth-order valence-corrected chi connectivity index (χ4v) is 2.72. The molecule has 96 valence electrons. The average molecular weight is 236 g/mol. The minimum absolute atomic E-state index is 0.769. The van der Waals surface area contributed by atoms with Crippen LogP contribution in [0.1, 0.15) is 51.2 Å². The molecule has 0 radical (unpaired) electrons. The number of hydrogen-bond acceptors (Lipinski definition) is 3. The molecule has 0 aliphatic heterocycles. The SMILES string of the molecule is CCc1cnc(CNCC2CCCC(C)C2)o1. The van der Waals surface area contributed by atoms with Gasteiger partial charge in [0.2, 0.25) is 5.89 Å². The Morgan fingerprint density at radius 1 is 1.47 bits per heavy atom. The van der Waals surface area contributed by atoms with Crippen LogP contribution in [0.3, 0.4) is 0 Å². The molecule has 3 heteroatoms. The van der Waals surface area contributed by atoms with Crippen molar-refractivity contribution >= 4 is 0 Å². The van der Waals surface area contributed by atoms with Gasteiger partial charge in [-0.3, -0.25) is 0 Å². The Morgan fingerprint density at radius 3 is 3.06 bits per heavy atom. The van der Waals surface area contributed by atoms with Crippen LogP contribution < -0.4 is 5.32 Å². The van der Waals surface area contributed by atoms with E-state index < -0.39 is 0 Å². The lowest BCUT2D eigenvalue weighted by molar-refractivity contribution is 0.271. The first-order chi connectivity index (χ1) is 8.28. The highest BCUT2D eigenvalue weighted by Crippen LogP contribution is 2.27. The van der Waals surface area contributed by atoms with Crippen molar-refractivity contribution in [1.82, 2.24) is 10.3 Å². The van der Waals surface area contributed by atoms with Crippen LogP contribution in [-0.2, 0) is 13.0 Å². The van der Waals surface area contributed by atoms with Crippen LogP contribution in [0.4, 0.5) is 0 Å². The summed E-state index contributed by atoms with van der Waals surface area (Å²) in [5.74, 6) is 3.56. The second-order valence-corrected chi connectivity index (χ2v) is 5.34. The van der Waals surface area contributed by atoms with Gasteiger partial charge in [0.15, 0.2) is 0 Å². The molecule has 0 bridgehead atoms. The van der Waals surface area contributed by atoms with Gasteiger partial charge in [-0.15, -0.1) is 0 Å². The molecule has 17 heavy (non-hydrogen) atoms. The van der Waals surface area contributed by atoms with Crippen molar-refractivity contribution in [3.05, 3.63) is 17.8 Å². The van der Waals surface area contributed by atoms with Gasteiger partial charge in [0.1, 0.15) is 5.76 Å². The normalized spacial score (nSPS) is 25.1. The average Bonchev–Trinajstić information content (AvgIpc) is 2.77. The molecule has 3 nitrogen and oxygen atoms in total. The zero-order chi connectivity index (χ0) is 12.1. The molecule has 1 aromatic rings. The molecule has 1 fully saturated rings. The van der Waals surface area contributed by atoms with Gasteiger partial charge in [-0.1, -0.05) is 26.7 Å². The molecule has 0 spiro atoms. The number of aromatic nitrogens is 1. The van der Waals surface area contributed by atoms with Gasteiger partial charge >= 0.3 is 0 Å². The van der Waals surface area contributed by atoms with Gasteiger partial charge in [-0.25, -0.2) is 4.98 Å². The maximum Gasteiger partial charge on any atom is 0.208 e. The lowest BCUT2D eigenvalue weighted by Gasteiger charge is -2.26. The maximum absolute atomic E-state index is 5.57. The molecule has 1 heterocycles. The Morgan fingerprint density at radius 2 is 2.35 bits per heavy atom. The summed E-state index contributed by atoms with van der Waals surface area (Å²) in [5.41, 5.74) is 0. The summed E-state index contributed by atoms with van der Waals surface area (Å²) in [6, 6.07) is 0. The second kappa shape index (κ2) is 6.20. The summed E-state index contributed by atoms with van der Waals surface area (Å²) in [6.07, 6.45) is 8.32. The van der Waals surface area contributed by atoms with Crippen LogP contribution in [0.25, 0.3) is 0 Å². The van der Waals surface area contributed by atoms with E-state index in [1.54, 1.807) is 0 Å². The molecule has 0 aromatic carbocycles. The summed E-state index contributed by atoms with van der Waals surface area (Å²) in [4.78, 5) is 4.26. The number of aryl methyl sites for hydroxylation is 1. The van der Waals surface area contributed by atoms with Crippen LogP contribution >= 0.6 is 0 Å². The Labute approximate surface area is 104 Å². The zero-order valence-corrected chi connectivity index (χ0v) is 11.0. The monoisotopic (exact) mass is 236 g/mol. The third-order valence-corrected chi connectivity index (χ3v) is 3.70. The summed E-state index contributed by atoms with van der Waals surface area (Å²) in [6.45, 7) is 6.33. The van der Waals surface area contributed by atoms with Crippen molar-refractivity contribution in [1.29, 1.82) is 0 Å². The third kappa shape index (κ3) is 3.84. The third-order valence-electron chi connectivity index (χ3n) is 3.70. The van der Waals surface area contributed by atoms with Gasteiger partial charge in [0.05, 0.1) is 12.7 Å². The highest BCUT2D eigenvalue weighted by atomic mass is 16.4. The molecule has 1 aromatic heterocycles. The molecular formula is C14H24N2O. The van der Waals surface area contributed by atoms with Gasteiger partial charge in [0.25, 0.3) is 0 Å². The first-order valence-corrected chi connectivity index (χ1v) is 6.92. The number of nitrogens with one attached hydrogen (secondary N) is 1. The Hall–Kier alpha value is -0.830. The number of hydrogen-bond donors (Lipinski definition) is 1. The van der Waals surface area contributed by atoms with Gasteiger partial charge in [0, 0.05) is 6.42 Å². The maximum atomic E-state index is 5.57. The van der Waals surface area contributed by atoms with Gasteiger partial charge < -0.3 is 9.73 Å². The van der Waals surface area contributed by atoms with E-state index in [0.717, 1.165) is 43.0 Å². The van der Waals surface area contributed by atoms with Gasteiger partial charge in [-0.2, -0.15) is 0 Å². The van der Waals surface area contributed by atoms with E-state index >= 15 is 0 Å². The van der Waals surface area contributed by atoms with Crippen molar-refractivity contribution in [3.63, 3.8) is 0 Å². The van der Waals surface area contributed by atoms with Crippen LogP contribution in [0, 0.1) is 11.8 Å². The van der Waals surface area contributed by atoms with E-state index in [0.29, 0.717) is 0 Å². The van der Waals surface area contributed by atoms with E-state index in [9.17, 15) is 0 Å². The zero-order valence-electron chi connectivity index (χ0n) is 11.0. The van der Waals surface area contributed by atoms with E-state index in [1.807, 2.05) is 6.20 Å². The van der Waals surface area contributed by atoms with Crippen molar-refractivity contribution in [2.24, 2.45) is 11.8 Å². The Bertz CT molecular complexity index is 335. The minimum Gasteiger partial charge on any atom is -0.444 e. The molecule has 2 unspecified atom stereocenters. The first kappa shape index (κ1) is 12.6. The Balaban J connectivity index is 1.68. The second-order valence-electron chi connectivity index (χ2n) is 5.34. The molecule has 1 aliphatic rings. The molecule has 2 atom stereocenters. The fourth-order valence-electron chi connectivity index (χ4n) is 2.72. The van der Waals surface area contributed by atoms with E-state index in [2.05, 4.69) is 24.1 Å². The van der Waals surface area contributed by atoms with E-state index in [1.165, 1.54) is 25.7 Å². The summed E-state index contributed by atoms with van der Waals surface area (Å²) < 4.78 is 5.57. The number of rotatable bonds is 5. The van der Waals surface area contributed by atoms with E-state index in [-0.39, 0.29) is 0 Å². The van der Waals surface area contributed by atoms with Gasteiger partial charge in [-0.05, 0) is 31.2 Å². The standard InChI is InChI=1S/C14H24N2O/c1-3-13-9-16-14(17-13)10-15-8-12-6-4-5-11(2)7-12/h9,11-12,15H,3-8,10H2,1-2H3. The van der Waals surface area contributed by atoms with Crippen LogP contribution in [0.15, 0.2) is 10.6 Å². The largest absolute Gasteiger partial charge is 0.444 e. The summed E-state index contributed by atoms with van der Waals surface area (Å²) in [5, 5.41) is 3.47. The molecule has 1 N–H and O–H groups in total. The fraction of sp³-hybridized carbons (Fsp3) is 0.786. The molecular weight excluding hydrogens is 212 g/mol. The highest BCUT2D eigenvalue weighted by Gasteiger charge is 2.18. The van der Waals surface area contributed by atoms with Crippen LogP contribution in [0.2, 0.25) is 0 Å². The molecule has 1 aliphatic carbocycles. The van der Waals surface area contributed by atoms with Crippen LogP contribution in [-0.4, -0.2) is 11.5 Å². The number of nitrogens with zero attached hydrogens (tertiary/aromatic N) is 1. The lowest BCUT2D eigenvalue weighted by atomic mass is 9.82. The first-order valence-electron chi connectivity index (χ1n) is 6.92. The lowest BCUT2D eigenvalue weighted by Crippen LogP contribution is -2.26. The van der Waals surface area contributed by atoms with Crippen molar-refractivity contribution in [3.8, 4) is 0 Å². The number of oxazole rings is 1. The van der Waals surface area contributed by atoms with Crippen molar-refractivity contribution in [2.45, 2.75) is 52.5 Å². The topological polar surface area (TPSA) is 38.1 Å². The minimum atomic E-state index is 0.769. The van der Waals surface area contributed by atoms with E-state index in [4.69, 9.17) is 4.42 Å². The predicted molar refractivity (Wildman–Crippen MR) is 68.7 cm³/mol. The molecule has 0 saturated heterocycles. The van der Waals surface area contributed by atoms with Crippen LogP contribution in [0.5, 0.6) is 0 Å². The van der Waals surface area contributed by atoms with Crippen molar-refractivity contribution < 1.29 is 4.42 Å². The summed E-state index contributed by atoms with van der Waals surface area (Å²) in [7, 11) is 0. The molecule has 2 rings (SSSR count).